The Hall–Kier alpha value is -1.43. The van der Waals surface area contributed by atoms with Gasteiger partial charge in [-0.25, -0.2) is 21.8 Å². The monoisotopic (exact) mass is 483 g/mol. The van der Waals surface area contributed by atoms with E-state index in [-0.39, 0.29) is 45.4 Å². The van der Waals surface area contributed by atoms with Crippen molar-refractivity contribution in [3.8, 4) is 11.3 Å². The zero-order valence-corrected chi connectivity index (χ0v) is 19.0. The Morgan fingerprint density at radius 3 is 2.21 bits per heavy atom. The lowest BCUT2D eigenvalue weighted by molar-refractivity contribution is 0.597. The van der Waals surface area contributed by atoms with Gasteiger partial charge in [-0.15, -0.1) is 36.2 Å². The highest BCUT2D eigenvalue weighted by Crippen LogP contribution is 2.32. The van der Waals surface area contributed by atoms with Crippen molar-refractivity contribution in [1.82, 2.24) is 9.55 Å². The second-order valence-corrected chi connectivity index (χ2v) is 11.2. The number of aryl methyl sites for hydroxylation is 1. The van der Waals surface area contributed by atoms with Gasteiger partial charge in [0.05, 0.1) is 21.8 Å². The first-order valence-electron chi connectivity index (χ1n) is 7.48. The number of hydrogen-bond donors (Lipinski definition) is 1. The first-order valence-corrected chi connectivity index (χ1v) is 11.7. The first-order chi connectivity index (χ1) is 12.1. The molecule has 0 aliphatic heterocycles. The predicted octanol–water partition coefficient (Wildman–Crippen LogP) is 2.69. The fraction of sp³-hybridized carbons (Fsp3) is 0.188. The topological polar surface area (TPSA) is 112 Å². The maximum Gasteiger partial charge on any atom is 0.216 e. The van der Waals surface area contributed by atoms with Crippen LogP contribution in [0.25, 0.3) is 11.3 Å². The van der Waals surface area contributed by atoms with Crippen molar-refractivity contribution in [2.45, 2.75) is 20.5 Å². The van der Waals surface area contributed by atoms with E-state index in [0.29, 0.717) is 11.3 Å². The molecule has 7 nitrogen and oxygen atoms in total. The van der Waals surface area contributed by atoms with E-state index in [4.69, 9.17) is 5.73 Å². The molecule has 0 aliphatic rings. The fourth-order valence-corrected chi connectivity index (χ4v) is 5.84. The van der Waals surface area contributed by atoms with E-state index in [0.717, 1.165) is 22.5 Å². The lowest BCUT2D eigenvalue weighted by Gasteiger charge is -2.08. The summed E-state index contributed by atoms with van der Waals surface area (Å²) in [5.41, 5.74) is 6.46. The van der Waals surface area contributed by atoms with Crippen LogP contribution in [-0.2, 0) is 33.3 Å². The van der Waals surface area contributed by atoms with Crippen LogP contribution in [0.1, 0.15) is 4.88 Å². The maximum atomic E-state index is 13.0. The minimum Gasteiger partial charge on any atom is -0.340 e. The second-order valence-electron chi connectivity index (χ2n) is 5.82. The number of halogens is 2. The highest BCUT2D eigenvalue weighted by molar-refractivity contribution is 7.93. The van der Waals surface area contributed by atoms with Crippen molar-refractivity contribution in [3.05, 3.63) is 47.7 Å². The Balaban J connectivity index is 0.00000196. The molecule has 0 aliphatic carbocycles. The van der Waals surface area contributed by atoms with Gasteiger partial charge >= 0.3 is 0 Å². The summed E-state index contributed by atoms with van der Waals surface area (Å²) in [5.74, 6) is 0. The van der Waals surface area contributed by atoms with E-state index in [9.17, 15) is 16.8 Å². The minimum absolute atomic E-state index is 0. The number of hydrogen-bond acceptors (Lipinski definition) is 7. The standard InChI is InChI=1S/C16H17N3O4S3.2ClH/c1-19-9-15(18-10-19)11-5-13(25(2,20)21)7-14(6-11)26(22,23)16-4-3-12(8-17)24-16;;/h3-7,9-10H,8,17H2,1-2H3;2*1H. The molecule has 1 aromatic carbocycles. The molecule has 28 heavy (non-hydrogen) atoms. The van der Waals surface area contributed by atoms with Gasteiger partial charge < -0.3 is 10.3 Å². The van der Waals surface area contributed by atoms with E-state index in [1.165, 1.54) is 24.3 Å². The Kier molecular flexibility index (Phi) is 7.85. The summed E-state index contributed by atoms with van der Waals surface area (Å²) < 4.78 is 51.9. The van der Waals surface area contributed by atoms with Gasteiger partial charge in [0.15, 0.2) is 9.84 Å². The third-order valence-electron chi connectivity index (χ3n) is 3.72. The number of aromatic nitrogens is 2. The molecule has 3 aromatic rings. The maximum absolute atomic E-state index is 13.0. The second kappa shape index (κ2) is 8.93. The third kappa shape index (κ3) is 4.94. The largest absolute Gasteiger partial charge is 0.340 e. The molecule has 0 fully saturated rings. The summed E-state index contributed by atoms with van der Waals surface area (Å²) >= 11 is 1.07. The van der Waals surface area contributed by atoms with E-state index >= 15 is 0 Å². The molecule has 154 valence electrons. The van der Waals surface area contributed by atoms with Crippen molar-refractivity contribution in [2.24, 2.45) is 12.8 Å². The van der Waals surface area contributed by atoms with Gasteiger partial charge in [0.1, 0.15) is 4.21 Å². The van der Waals surface area contributed by atoms with E-state index in [1.807, 2.05) is 0 Å². The van der Waals surface area contributed by atoms with Crippen LogP contribution in [0.3, 0.4) is 0 Å². The average molecular weight is 484 g/mol. The van der Waals surface area contributed by atoms with Crippen LogP contribution in [-0.4, -0.2) is 32.6 Å². The van der Waals surface area contributed by atoms with Gasteiger partial charge in [0, 0.05) is 36.5 Å². The van der Waals surface area contributed by atoms with Crippen molar-refractivity contribution in [2.75, 3.05) is 6.26 Å². The number of nitrogens with zero attached hydrogens (tertiary/aromatic N) is 2. The van der Waals surface area contributed by atoms with Gasteiger partial charge in [-0.2, -0.15) is 0 Å². The Bertz CT molecular complexity index is 1190. The number of thiophene rings is 1. The van der Waals surface area contributed by atoms with Crippen molar-refractivity contribution < 1.29 is 16.8 Å². The van der Waals surface area contributed by atoms with Crippen LogP contribution >= 0.6 is 36.2 Å². The summed E-state index contributed by atoms with van der Waals surface area (Å²) in [6.07, 6.45) is 4.29. The summed E-state index contributed by atoms with van der Waals surface area (Å²) in [6.45, 7) is 0.239. The van der Waals surface area contributed by atoms with Gasteiger partial charge in [-0.1, -0.05) is 0 Å². The van der Waals surface area contributed by atoms with Crippen molar-refractivity contribution >= 4 is 55.8 Å². The first kappa shape index (κ1) is 24.6. The molecule has 2 N–H and O–H groups in total. The SMILES string of the molecule is Cl.Cl.Cn1cnc(-c2cc(S(C)(=O)=O)cc(S(=O)(=O)c3ccc(CN)s3)c2)c1. The molecule has 0 atom stereocenters. The molecule has 3 rings (SSSR count). The van der Waals surface area contributed by atoms with E-state index in [1.54, 1.807) is 30.2 Å². The molecule has 0 amide bonds. The predicted molar refractivity (Wildman–Crippen MR) is 114 cm³/mol. The smallest absolute Gasteiger partial charge is 0.216 e. The molecule has 2 heterocycles. The lowest BCUT2D eigenvalue weighted by atomic mass is 10.2. The summed E-state index contributed by atoms with van der Waals surface area (Å²) in [7, 11) is -5.70. The zero-order chi connectivity index (χ0) is 19.1. The molecule has 0 bridgehead atoms. The van der Waals surface area contributed by atoms with Crippen LogP contribution in [0.2, 0.25) is 0 Å². The molecular weight excluding hydrogens is 465 g/mol. The van der Waals surface area contributed by atoms with Crippen molar-refractivity contribution in [1.29, 1.82) is 0 Å². The Labute approximate surface area is 180 Å². The Morgan fingerprint density at radius 2 is 1.71 bits per heavy atom. The molecule has 12 heteroatoms. The summed E-state index contributed by atoms with van der Waals surface area (Å²) in [4.78, 5) is 4.75. The van der Waals surface area contributed by atoms with Crippen LogP contribution in [0.5, 0.6) is 0 Å². The van der Waals surface area contributed by atoms with Crippen LogP contribution in [0, 0.1) is 0 Å². The van der Waals surface area contributed by atoms with E-state index in [2.05, 4.69) is 4.98 Å². The van der Waals surface area contributed by atoms with Crippen molar-refractivity contribution in [3.63, 3.8) is 0 Å². The normalized spacial score (nSPS) is 11.5. The lowest BCUT2D eigenvalue weighted by Crippen LogP contribution is -2.04. The molecule has 0 saturated carbocycles. The molecule has 0 spiro atoms. The number of sulfone groups is 2. The third-order valence-corrected chi connectivity index (χ3v) is 8.15. The molecule has 0 radical (unpaired) electrons. The molecular formula is C16H19Cl2N3O4S3. The highest BCUT2D eigenvalue weighted by Gasteiger charge is 2.23. The van der Waals surface area contributed by atoms with Gasteiger partial charge in [0.2, 0.25) is 9.84 Å². The van der Waals surface area contributed by atoms with Crippen LogP contribution < -0.4 is 5.73 Å². The molecule has 2 aromatic heterocycles. The quantitative estimate of drug-likeness (QED) is 0.596. The highest BCUT2D eigenvalue weighted by atomic mass is 35.5. The fourth-order valence-electron chi connectivity index (χ4n) is 2.38. The zero-order valence-electron chi connectivity index (χ0n) is 14.9. The average Bonchev–Trinajstić information content (AvgIpc) is 3.22. The number of imidazole rings is 1. The van der Waals surface area contributed by atoms with E-state index < -0.39 is 19.7 Å². The minimum atomic E-state index is -3.87. The van der Waals surface area contributed by atoms with Crippen LogP contribution in [0.4, 0.5) is 0 Å². The van der Waals surface area contributed by atoms with Gasteiger partial charge in [-0.3, -0.25) is 0 Å². The summed E-state index contributed by atoms with van der Waals surface area (Å²) in [6, 6.07) is 7.18. The van der Waals surface area contributed by atoms with Gasteiger partial charge in [0.25, 0.3) is 0 Å². The van der Waals surface area contributed by atoms with Gasteiger partial charge in [-0.05, 0) is 30.3 Å². The van der Waals surface area contributed by atoms with Crippen LogP contribution in [0.15, 0.2) is 56.9 Å². The summed E-state index contributed by atoms with van der Waals surface area (Å²) in [5, 5.41) is 0. The number of nitrogens with two attached hydrogens (primary N) is 1. The molecule has 0 unspecified atom stereocenters. The Morgan fingerprint density at radius 1 is 1.07 bits per heavy atom. The number of rotatable bonds is 5. The number of benzene rings is 1. The molecule has 0 saturated heterocycles.